The van der Waals surface area contributed by atoms with Crippen molar-refractivity contribution in [2.45, 2.75) is 44.6 Å². The quantitative estimate of drug-likeness (QED) is 0.674. The van der Waals surface area contributed by atoms with Crippen LogP contribution < -0.4 is 5.32 Å². The van der Waals surface area contributed by atoms with Gasteiger partial charge >= 0.3 is 0 Å². The van der Waals surface area contributed by atoms with Crippen molar-refractivity contribution in [1.29, 1.82) is 0 Å². The zero-order valence-electron chi connectivity index (χ0n) is 12.7. The van der Waals surface area contributed by atoms with Crippen LogP contribution in [0.2, 0.25) is 0 Å². The number of fused-ring (bicyclic) bond motifs is 1. The van der Waals surface area contributed by atoms with Gasteiger partial charge in [-0.2, -0.15) is 0 Å². The van der Waals surface area contributed by atoms with Crippen LogP contribution in [-0.2, 0) is 11.8 Å². The highest BCUT2D eigenvalue weighted by Crippen LogP contribution is 2.36. The fraction of sp³-hybridized carbons (Fsp3) is 0.444. The average molecular weight is 411 g/mol. The Morgan fingerprint density at radius 2 is 2.05 bits per heavy atom. The summed E-state index contributed by atoms with van der Waals surface area (Å²) in [7, 11) is 0. The average Bonchev–Trinajstić information content (AvgIpc) is 2.87. The summed E-state index contributed by atoms with van der Waals surface area (Å²) in [5, 5.41) is 3.83. The number of hydrogen-bond donors (Lipinski definition) is 1. The molecule has 0 fully saturated rings. The lowest BCUT2D eigenvalue weighted by Gasteiger charge is -2.31. The first kappa shape index (κ1) is 15.5. The molecule has 0 spiro atoms. The van der Waals surface area contributed by atoms with E-state index in [0.717, 1.165) is 6.54 Å². The molecule has 1 aliphatic rings. The second-order valence-corrected chi connectivity index (χ2v) is 9.54. The molecular formula is C18H22INS. The van der Waals surface area contributed by atoms with E-state index >= 15 is 0 Å². The van der Waals surface area contributed by atoms with Gasteiger partial charge < -0.3 is 5.32 Å². The molecular weight excluding hydrogens is 389 g/mol. The lowest BCUT2D eigenvalue weighted by molar-refractivity contribution is 0.394. The molecule has 0 saturated carbocycles. The molecule has 3 rings (SSSR count). The predicted molar refractivity (Wildman–Crippen MR) is 100 cm³/mol. The van der Waals surface area contributed by atoms with Crippen LogP contribution in [0.4, 0.5) is 0 Å². The molecule has 0 saturated heterocycles. The third kappa shape index (κ3) is 3.51. The molecule has 1 N–H and O–H groups in total. The van der Waals surface area contributed by atoms with Crippen molar-refractivity contribution in [3.05, 3.63) is 55.3 Å². The molecule has 1 aliphatic carbocycles. The molecule has 1 aromatic carbocycles. The van der Waals surface area contributed by atoms with Gasteiger partial charge in [0.25, 0.3) is 0 Å². The summed E-state index contributed by atoms with van der Waals surface area (Å²) in [6.07, 6.45) is 3.85. The Balaban J connectivity index is 1.71. The van der Waals surface area contributed by atoms with Crippen LogP contribution in [0.3, 0.4) is 0 Å². The highest BCUT2D eigenvalue weighted by Gasteiger charge is 2.26. The second-order valence-electron chi connectivity index (χ2n) is 6.50. The number of nitrogens with one attached hydrogen (secondary N) is 1. The molecule has 0 aliphatic heterocycles. The van der Waals surface area contributed by atoms with Crippen molar-refractivity contribution in [3.8, 4) is 0 Å². The van der Waals surface area contributed by atoms with Gasteiger partial charge in [0, 0.05) is 22.9 Å². The number of rotatable bonds is 4. The van der Waals surface area contributed by atoms with E-state index in [1.807, 2.05) is 11.3 Å². The number of aryl methyl sites for hydroxylation is 1. The van der Waals surface area contributed by atoms with E-state index in [9.17, 15) is 0 Å². The van der Waals surface area contributed by atoms with Gasteiger partial charge in [-0.15, -0.1) is 11.3 Å². The highest BCUT2D eigenvalue weighted by atomic mass is 127. The van der Waals surface area contributed by atoms with Crippen LogP contribution in [0, 0.1) is 2.88 Å². The van der Waals surface area contributed by atoms with Crippen molar-refractivity contribution in [3.63, 3.8) is 0 Å². The third-order valence-corrected chi connectivity index (χ3v) is 6.40. The molecule has 1 atom stereocenters. The first-order chi connectivity index (χ1) is 10.1. The van der Waals surface area contributed by atoms with Crippen molar-refractivity contribution in [1.82, 2.24) is 5.32 Å². The van der Waals surface area contributed by atoms with E-state index in [0.29, 0.717) is 6.04 Å². The lowest BCUT2D eigenvalue weighted by Crippen LogP contribution is -2.36. The minimum atomic E-state index is 0.169. The van der Waals surface area contributed by atoms with Crippen molar-refractivity contribution in [2.24, 2.45) is 0 Å². The monoisotopic (exact) mass is 411 g/mol. The van der Waals surface area contributed by atoms with Crippen LogP contribution in [0.25, 0.3) is 0 Å². The molecule has 3 heteroatoms. The summed E-state index contributed by atoms with van der Waals surface area (Å²) in [4.78, 5) is 1.60. The Morgan fingerprint density at radius 1 is 1.29 bits per heavy atom. The van der Waals surface area contributed by atoms with Gasteiger partial charge in [0.2, 0.25) is 0 Å². The zero-order chi connectivity index (χ0) is 14.9. The van der Waals surface area contributed by atoms with Gasteiger partial charge in [-0.3, -0.25) is 0 Å². The van der Waals surface area contributed by atoms with E-state index in [4.69, 9.17) is 0 Å². The minimum absolute atomic E-state index is 0.169. The largest absolute Gasteiger partial charge is 0.309 e. The van der Waals surface area contributed by atoms with Crippen molar-refractivity contribution >= 4 is 33.9 Å². The topological polar surface area (TPSA) is 12.0 Å². The normalized spacial score (nSPS) is 18.5. The number of thiophene rings is 1. The van der Waals surface area contributed by atoms with E-state index in [-0.39, 0.29) is 5.41 Å². The fourth-order valence-corrected chi connectivity index (χ4v) is 5.22. The van der Waals surface area contributed by atoms with E-state index < -0.39 is 0 Å². The minimum Gasteiger partial charge on any atom is -0.309 e. The molecule has 0 radical (unpaired) electrons. The Hall–Kier alpha value is -0.390. The highest BCUT2D eigenvalue weighted by molar-refractivity contribution is 14.1. The maximum Gasteiger partial charge on any atom is 0.0659 e. The summed E-state index contributed by atoms with van der Waals surface area (Å²) >= 11 is 4.43. The maximum absolute atomic E-state index is 3.83. The predicted octanol–water partition coefficient (Wildman–Crippen LogP) is 5.30. The molecule has 1 unspecified atom stereocenters. The van der Waals surface area contributed by atoms with E-state index in [2.05, 4.69) is 78.2 Å². The van der Waals surface area contributed by atoms with Crippen molar-refractivity contribution < 1.29 is 0 Å². The summed E-state index contributed by atoms with van der Waals surface area (Å²) in [5.41, 5.74) is 3.13. The van der Waals surface area contributed by atoms with E-state index in [1.165, 1.54) is 27.7 Å². The molecule has 2 aromatic rings. The summed E-state index contributed by atoms with van der Waals surface area (Å²) in [6.45, 7) is 5.68. The second kappa shape index (κ2) is 6.39. The van der Waals surface area contributed by atoms with Gasteiger partial charge in [0.15, 0.2) is 0 Å². The molecule has 0 amide bonds. The molecule has 1 nitrogen and oxygen atoms in total. The molecule has 0 bridgehead atoms. The number of hydrogen-bond acceptors (Lipinski definition) is 2. The smallest absolute Gasteiger partial charge is 0.0659 e. The van der Waals surface area contributed by atoms with Crippen LogP contribution in [0.5, 0.6) is 0 Å². The Morgan fingerprint density at radius 3 is 2.81 bits per heavy atom. The molecule has 1 aromatic heterocycles. The zero-order valence-corrected chi connectivity index (χ0v) is 15.6. The first-order valence-electron chi connectivity index (χ1n) is 7.63. The number of halogens is 1. The summed E-state index contributed by atoms with van der Waals surface area (Å²) in [6, 6.07) is 13.8. The standard InChI is InChI=1S/C18H22INS/c1-18(2,13-7-4-3-5-8-13)12-20-15-9-6-10-16-14(15)11-17(19)21-16/h3-5,7-8,11,15,20H,6,9-10,12H2,1-2H3. The first-order valence-corrected chi connectivity index (χ1v) is 9.53. The van der Waals surface area contributed by atoms with Gasteiger partial charge in [0.05, 0.1) is 2.88 Å². The summed E-state index contributed by atoms with van der Waals surface area (Å²) in [5.74, 6) is 0. The van der Waals surface area contributed by atoms with Crippen LogP contribution in [-0.4, -0.2) is 6.54 Å². The Kier molecular flexibility index (Phi) is 4.71. The van der Waals surface area contributed by atoms with E-state index in [1.54, 1.807) is 10.4 Å². The molecule has 21 heavy (non-hydrogen) atoms. The Labute approximate surface area is 145 Å². The van der Waals surface area contributed by atoms with Gasteiger partial charge in [-0.25, -0.2) is 0 Å². The van der Waals surface area contributed by atoms with Gasteiger partial charge in [-0.05, 0) is 59.0 Å². The van der Waals surface area contributed by atoms with Gasteiger partial charge in [-0.1, -0.05) is 44.2 Å². The molecule has 1 heterocycles. The molecule has 112 valence electrons. The lowest BCUT2D eigenvalue weighted by atomic mass is 9.83. The van der Waals surface area contributed by atoms with Crippen molar-refractivity contribution in [2.75, 3.05) is 6.54 Å². The maximum atomic E-state index is 3.83. The fourth-order valence-electron chi connectivity index (χ4n) is 3.10. The Bertz CT molecular complexity index is 603. The van der Waals surface area contributed by atoms with Gasteiger partial charge in [0.1, 0.15) is 0 Å². The number of benzene rings is 1. The van der Waals surface area contributed by atoms with Crippen LogP contribution >= 0.6 is 33.9 Å². The van der Waals surface area contributed by atoms with Crippen LogP contribution in [0.1, 0.15) is 48.7 Å². The van der Waals surface area contributed by atoms with Crippen LogP contribution in [0.15, 0.2) is 36.4 Å². The SMILES string of the molecule is CC(C)(CNC1CCCc2sc(I)cc21)c1ccccc1. The third-order valence-electron chi connectivity index (χ3n) is 4.43. The summed E-state index contributed by atoms with van der Waals surface area (Å²) < 4.78 is 1.42.